The van der Waals surface area contributed by atoms with Crippen molar-refractivity contribution in [3.05, 3.63) is 0 Å². The van der Waals surface area contributed by atoms with Crippen molar-refractivity contribution in [3.8, 4) is 0 Å². The van der Waals surface area contributed by atoms with Crippen LogP contribution in [0.1, 0.15) is 20.3 Å². The van der Waals surface area contributed by atoms with Gasteiger partial charge in [-0.2, -0.15) is 0 Å². The van der Waals surface area contributed by atoms with Crippen molar-refractivity contribution >= 4 is 11.8 Å². The number of hydrogen-bond donors (Lipinski definition) is 5. The Kier molecular flexibility index (Phi) is 1.09. The van der Waals surface area contributed by atoms with Crippen LogP contribution in [0.2, 0.25) is 0 Å². The summed E-state index contributed by atoms with van der Waals surface area (Å²) in [6.07, 6.45) is 1.06. The zero-order valence-corrected chi connectivity index (χ0v) is 8.36. The number of rotatable bonds is 0. The Labute approximate surface area is 82.7 Å². The van der Waals surface area contributed by atoms with Crippen molar-refractivity contribution in [1.29, 1.82) is 10.8 Å². The van der Waals surface area contributed by atoms with E-state index in [1.807, 2.05) is 0 Å². The summed E-state index contributed by atoms with van der Waals surface area (Å²) >= 11 is 0. The number of piperidine rings is 1. The minimum atomic E-state index is -0.00648. The van der Waals surface area contributed by atoms with Crippen LogP contribution in [-0.2, 0) is 0 Å². The molecule has 0 aromatic heterocycles. The van der Waals surface area contributed by atoms with E-state index < -0.39 is 0 Å². The highest BCUT2D eigenvalue weighted by atomic mass is 15.4. The van der Waals surface area contributed by atoms with E-state index in [0.29, 0.717) is 11.8 Å². The molecule has 1 aliphatic carbocycles. The van der Waals surface area contributed by atoms with Gasteiger partial charge in [0.1, 0.15) is 12.0 Å². The second kappa shape index (κ2) is 1.89. The maximum Gasteiger partial charge on any atom is 0.190 e. The van der Waals surface area contributed by atoms with Gasteiger partial charge in [-0.15, -0.1) is 0 Å². The van der Waals surface area contributed by atoms with Crippen LogP contribution in [0.3, 0.4) is 0 Å². The van der Waals surface area contributed by atoms with Crippen LogP contribution in [0.5, 0.6) is 0 Å². The standard InChI is InChI=1S/C9H15N5/c1-8-3-9(8,2)6(10)13-5-4(8)12-7(11)14-5/h4-5H,3H2,1-2H3,(H2,10,13)(H3,11,12,14). The molecule has 1 saturated carbocycles. The lowest BCUT2D eigenvalue weighted by atomic mass is 9.83. The molecule has 4 unspecified atom stereocenters. The summed E-state index contributed by atoms with van der Waals surface area (Å²) in [6.45, 7) is 4.33. The van der Waals surface area contributed by atoms with Gasteiger partial charge >= 0.3 is 0 Å². The van der Waals surface area contributed by atoms with E-state index in [2.05, 4.69) is 29.8 Å². The van der Waals surface area contributed by atoms with Crippen LogP contribution in [0.25, 0.3) is 0 Å². The third-order valence-corrected chi connectivity index (χ3v) is 4.33. The Morgan fingerprint density at radius 1 is 1.21 bits per heavy atom. The molecule has 2 heterocycles. The average molecular weight is 193 g/mol. The molecule has 2 aliphatic heterocycles. The molecule has 5 heteroatoms. The predicted octanol–water partition coefficient (Wildman–Crippen LogP) is -0.195. The molecule has 0 amide bonds. The molecular formula is C9H15N5. The third-order valence-electron chi connectivity index (χ3n) is 4.33. The van der Waals surface area contributed by atoms with Gasteiger partial charge in [0.2, 0.25) is 0 Å². The fraction of sp³-hybridized carbons (Fsp3) is 0.778. The first kappa shape index (κ1) is 8.08. The van der Waals surface area contributed by atoms with Gasteiger partial charge < -0.3 is 16.0 Å². The highest BCUT2D eigenvalue weighted by Crippen LogP contribution is 2.67. The van der Waals surface area contributed by atoms with Gasteiger partial charge in [-0.05, 0) is 6.42 Å². The third kappa shape index (κ3) is 0.645. The van der Waals surface area contributed by atoms with Gasteiger partial charge in [0, 0.05) is 10.8 Å². The Morgan fingerprint density at radius 3 is 2.64 bits per heavy atom. The SMILES string of the molecule is CC12CC1(C)C1NC(=N)NC1NC2=N. The Balaban J connectivity index is 2.00. The van der Waals surface area contributed by atoms with Gasteiger partial charge in [-0.25, -0.2) is 0 Å². The Hall–Kier alpha value is -1.26. The summed E-state index contributed by atoms with van der Waals surface area (Å²) < 4.78 is 0. The van der Waals surface area contributed by atoms with Crippen molar-refractivity contribution in [2.75, 3.05) is 0 Å². The van der Waals surface area contributed by atoms with Gasteiger partial charge in [0.05, 0.1) is 6.04 Å². The number of guanidine groups is 1. The molecule has 0 aromatic rings. The molecule has 0 bridgehead atoms. The second-order valence-electron chi connectivity index (χ2n) is 5.06. The fourth-order valence-electron chi connectivity index (χ4n) is 3.00. The van der Waals surface area contributed by atoms with Crippen molar-refractivity contribution in [1.82, 2.24) is 16.0 Å². The van der Waals surface area contributed by atoms with Crippen molar-refractivity contribution in [2.45, 2.75) is 32.5 Å². The Morgan fingerprint density at radius 2 is 1.93 bits per heavy atom. The second-order valence-corrected chi connectivity index (χ2v) is 5.06. The van der Waals surface area contributed by atoms with E-state index in [-0.39, 0.29) is 23.0 Å². The van der Waals surface area contributed by atoms with Crippen molar-refractivity contribution in [2.24, 2.45) is 10.8 Å². The van der Waals surface area contributed by atoms with Crippen LogP contribution >= 0.6 is 0 Å². The van der Waals surface area contributed by atoms with Crippen LogP contribution in [0, 0.1) is 21.6 Å². The van der Waals surface area contributed by atoms with E-state index >= 15 is 0 Å². The van der Waals surface area contributed by atoms with Gasteiger partial charge in [-0.1, -0.05) is 13.8 Å². The molecule has 14 heavy (non-hydrogen) atoms. The summed E-state index contributed by atoms with van der Waals surface area (Å²) in [7, 11) is 0. The number of amidine groups is 1. The summed E-state index contributed by atoms with van der Waals surface area (Å²) in [5, 5.41) is 24.7. The lowest BCUT2D eigenvalue weighted by Crippen LogP contribution is -2.59. The quantitative estimate of drug-likeness (QED) is 0.369. The minimum absolute atomic E-state index is 0.00648. The van der Waals surface area contributed by atoms with E-state index in [0.717, 1.165) is 6.42 Å². The van der Waals surface area contributed by atoms with E-state index in [1.54, 1.807) is 0 Å². The summed E-state index contributed by atoms with van der Waals surface area (Å²) in [4.78, 5) is 0. The van der Waals surface area contributed by atoms with Crippen molar-refractivity contribution in [3.63, 3.8) is 0 Å². The first-order valence-corrected chi connectivity index (χ1v) is 4.95. The van der Waals surface area contributed by atoms with E-state index in [9.17, 15) is 0 Å². The first-order valence-electron chi connectivity index (χ1n) is 4.95. The lowest BCUT2D eigenvalue weighted by Gasteiger charge is -2.36. The Bertz CT molecular complexity index is 351. The number of nitrogens with one attached hydrogen (secondary N) is 5. The highest BCUT2D eigenvalue weighted by Gasteiger charge is 2.72. The lowest BCUT2D eigenvalue weighted by molar-refractivity contribution is 0.274. The largest absolute Gasteiger partial charge is 0.352 e. The van der Waals surface area contributed by atoms with E-state index in [1.165, 1.54) is 0 Å². The highest BCUT2D eigenvalue weighted by molar-refractivity contribution is 5.93. The maximum atomic E-state index is 7.93. The molecule has 0 radical (unpaired) electrons. The molecule has 3 fully saturated rings. The molecule has 0 spiro atoms. The summed E-state index contributed by atoms with van der Waals surface area (Å²) in [6, 6.07) is 0.245. The van der Waals surface area contributed by atoms with Gasteiger partial charge in [0.25, 0.3) is 0 Å². The molecule has 2 saturated heterocycles. The fourth-order valence-corrected chi connectivity index (χ4v) is 3.00. The molecule has 5 N–H and O–H groups in total. The normalized spacial score (nSPS) is 53.9. The van der Waals surface area contributed by atoms with Crippen LogP contribution in [0.15, 0.2) is 0 Å². The predicted molar refractivity (Wildman–Crippen MR) is 53.3 cm³/mol. The molecule has 76 valence electrons. The molecule has 3 aliphatic rings. The summed E-state index contributed by atoms with van der Waals surface area (Å²) in [5.74, 6) is 0.989. The van der Waals surface area contributed by atoms with Gasteiger partial charge in [0.15, 0.2) is 5.96 Å². The molecule has 0 aromatic carbocycles. The zero-order chi connectivity index (χ0) is 10.1. The molecule has 5 nitrogen and oxygen atoms in total. The van der Waals surface area contributed by atoms with Gasteiger partial charge in [-0.3, -0.25) is 10.8 Å². The monoisotopic (exact) mass is 193 g/mol. The van der Waals surface area contributed by atoms with Crippen LogP contribution in [0.4, 0.5) is 0 Å². The average Bonchev–Trinajstić information content (AvgIpc) is 2.51. The maximum absolute atomic E-state index is 7.93. The number of fused-ring (bicyclic) bond motifs is 3. The van der Waals surface area contributed by atoms with Crippen LogP contribution < -0.4 is 16.0 Å². The summed E-state index contributed by atoms with van der Waals surface area (Å²) in [5.41, 5.74) is 0.128. The van der Waals surface area contributed by atoms with Crippen molar-refractivity contribution < 1.29 is 0 Å². The first-order chi connectivity index (χ1) is 6.47. The van der Waals surface area contributed by atoms with Crippen LogP contribution in [-0.4, -0.2) is 24.0 Å². The topological polar surface area (TPSA) is 83.8 Å². The zero-order valence-electron chi connectivity index (χ0n) is 8.36. The number of hydrogen-bond acceptors (Lipinski definition) is 2. The smallest absolute Gasteiger partial charge is 0.190 e. The molecule has 3 rings (SSSR count). The minimum Gasteiger partial charge on any atom is -0.352 e. The van der Waals surface area contributed by atoms with E-state index in [4.69, 9.17) is 10.8 Å². The molecular weight excluding hydrogens is 178 g/mol. The molecule has 4 atom stereocenters.